The molecule has 0 bridgehead atoms. The maximum atomic E-state index is 13.5. The van der Waals surface area contributed by atoms with Crippen molar-refractivity contribution in [2.45, 2.75) is 6.54 Å². The molecule has 1 heterocycles. The van der Waals surface area contributed by atoms with E-state index in [-0.39, 0.29) is 18.0 Å². The van der Waals surface area contributed by atoms with Crippen molar-refractivity contribution in [2.75, 3.05) is 5.32 Å². The largest absolute Gasteiger partial charge is 0.506 e. The lowest BCUT2D eigenvalue weighted by Gasteiger charge is -2.08. The Bertz CT molecular complexity index is 537. The molecule has 0 aliphatic carbocycles. The molecule has 0 atom stereocenters. The van der Waals surface area contributed by atoms with Crippen LogP contribution in [0.3, 0.4) is 0 Å². The maximum Gasteiger partial charge on any atom is 0.150 e. The van der Waals surface area contributed by atoms with Gasteiger partial charge in [0.1, 0.15) is 23.1 Å². The van der Waals surface area contributed by atoms with Crippen LogP contribution < -0.4 is 5.32 Å². The van der Waals surface area contributed by atoms with Crippen molar-refractivity contribution in [1.29, 1.82) is 0 Å². The third-order valence-electron chi connectivity index (χ3n) is 2.26. The van der Waals surface area contributed by atoms with Gasteiger partial charge in [-0.15, -0.1) is 0 Å². The predicted octanol–water partition coefficient (Wildman–Crippen LogP) is 3.44. The van der Waals surface area contributed by atoms with Gasteiger partial charge in [0.25, 0.3) is 0 Å². The maximum absolute atomic E-state index is 13.5. The number of aromatic nitrogens is 1. The Morgan fingerprint density at radius 3 is 2.44 bits per heavy atom. The zero-order valence-corrected chi connectivity index (χ0v) is 10.7. The van der Waals surface area contributed by atoms with Gasteiger partial charge in [0.05, 0.1) is 18.4 Å². The summed E-state index contributed by atoms with van der Waals surface area (Å²) in [6.45, 7) is 0.162. The van der Waals surface area contributed by atoms with Crippen molar-refractivity contribution in [1.82, 2.24) is 4.98 Å². The Balaban J connectivity index is 2.13. The molecule has 2 rings (SSSR count). The molecular formula is C12H9BrF2N2O. The zero-order chi connectivity index (χ0) is 13.1. The summed E-state index contributed by atoms with van der Waals surface area (Å²) < 4.78 is 27.3. The van der Waals surface area contributed by atoms with Crippen LogP contribution in [0.2, 0.25) is 0 Å². The molecule has 6 heteroatoms. The van der Waals surface area contributed by atoms with Gasteiger partial charge < -0.3 is 10.4 Å². The van der Waals surface area contributed by atoms with Gasteiger partial charge in [0.2, 0.25) is 0 Å². The van der Waals surface area contributed by atoms with Gasteiger partial charge in [-0.05, 0) is 24.3 Å². The number of hydrogen-bond donors (Lipinski definition) is 2. The van der Waals surface area contributed by atoms with Gasteiger partial charge in [0, 0.05) is 4.47 Å². The van der Waals surface area contributed by atoms with Crippen LogP contribution in [0, 0.1) is 11.6 Å². The van der Waals surface area contributed by atoms with Crippen LogP contribution in [0.25, 0.3) is 0 Å². The quantitative estimate of drug-likeness (QED) is 0.912. The molecule has 0 fully saturated rings. The number of nitrogens with zero attached hydrogens (tertiary/aromatic N) is 1. The summed E-state index contributed by atoms with van der Waals surface area (Å²) in [7, 11) is 0. The fraction of sp³-hybridized carbons (Fsp3) is 0.0833. The fourth-order valence-corrected chi connectivity index (χ4v) is 1.81. The number of benzene rings is 1. The molecule has 0 radical (unpaired) electrons. The van der Waals surface area contributed by atoms with Gasteiger partial charge in [-0.3, -0.25) is 4.98 Å². The second kappa shape index (κ2) is 5.30. The Hall–Kier alpha value is -1.69. The van der Waals surface area contributed by atoms with E-state index in [9.17, 15) is 8.78 Å². The van der Waals surface area contributed by atoms with Crippen LogP contribution >= 0.6 is 15.9 Å². The number of anilines is 1. The van der Waals surface area contributed by atoms with Crippen LogP contribution in [0.5, 0.6) is 5.75 Å². The van der Waals surface area contributed by atoms with Gasteiger partial charge in [-0.25, -0.2) is 8.78 Å². The molecule has 94 valence electrons. The average molecular weight is 315 g/mol. The number of hydrogen-bond acceptors (Lipinski definition) is 3. The minimum absolute atomic E-state index is 0.0414. The molecular weight excluding hydrogens is 306 g/mol. The number of nitrogens with one attached hydrogen (secondary N) is 1. The molecule has 1 aromatic carbocycles. The first-order valence-electron chi connectivity index (χ1n) is 5.08. The lowest BCUT2D eigenvalue weighted by atomic mass is 10.2. The van der Waals surface area contributed by atoms with E-state index >= 15 is 0 Å². The Kier molecular flexibility index (Phi) is 3.76. The number of halogens is 3. The molecule has 1 aromatic heterocycles. The highest BCUT2D eigenvalue weighted by Crippen LogP contribution is 2.24. The third kappa shape index (κ3) is 2.95. The molecule has 2 aromatic rings. The Labute approximate surface area is 111 Å². The molecule has 0 saturated carbocycles. The van der Waals surface area contributed by atoms with Gasteiger partial charge >= 0.3 is 0 Å². The first-order chi connectivity index (χ1) is 8.56. The number of pyridine rings is 1. The monoisotopic (exact) mass is 314 g/mol. The molecule has 0 saturated heterocycles. The highest BCUT2D eigenvalue weighted by Gasteiger charge is 2.10. The topological polar surface area (TPSA) is 45.1 Å². The lowest BCUT2D eigenvalue weighted by molar-refractivity contribution is 0.472. The zero-order valence-electron chi connectivity index (χ0n) is 9.12. The van der Waals surface area contributed by atoms with E-state index in [4.69, 9.17) is 5.11 Å². The van der Waals surface area contributed by atoms with Gasteiger partial charge in [-0.1, -0.05) is 15.9 Å². The van der Waals surface area contributed by atoms with E-state index in [1.165, 1.54) is 24.4 Å². The summed E-state index contributed by atoms with van der Waals surface area (Å²) in [6.07, 6.45) is 1.27. The Morgan fingerprint density at radius 2 is 1.89 bits per heavy atom. The summed E-state index contributed by atoms with van der Waals surface area (Å²) in [5.41, 5.74) is 0.364. The standard InChI is InChI=1S/C12H9BrF2N2O/c13-7-3-10(14)12(11(15)4-7)17-5-8-1-2-9(18)6-16-8/h1-4,6,17-18H,5H2. The van der Waals surface area contributed by atoms with Crippen LogP contribution in [0.4, 0.5) is 14.5 Å². The van der Waals surface area contributed by atoms with Crippen LogP contribution in [0.1, 0.15) is 5.69 Å². The highest BCUT2D eigenvalue weighted by molar-refractivity contribution is 9.10. The lowest BCUT2D eigenvalue weighted by Crippen LogP contribution is -2.05. The molecule has 0 unspecified atom stereocenters. The fourth-order valence-electron chi connectivity index (χ4n) is 1.41. The first kappa shape index (κ1) is 12.8. The van der Waals surface area contributed by atoms with E-state index in [0.29, 0.717) is 10.2 Å². The van der Waals surface area contributed by atoms with Crippen molar-refractivity contribution < 1.29 is 13.9 Å². The minimum atomic E-state index is -0.680. The van der Waals surface area contributed by atoms with Gasteiger partial charge in [-0.2, -0.15) is 0 Å². The van der Waals surface area contributed by atoms with Crippen LogP contribution in [-0.2, 0) is 6.54 Å². The van der Waals surface area contributed by atoms with Crippen molar-refractivity contribution in [3.63, 3.8) is 0 Å². The second-order valence-electron chi connectivity index (χ2n) is 3.61. The molecule has 3 nitrogen and oxygen atoms in total. The second-order valence-corrected chi connectivity index (χ2v) is 4.52. The molecule has 2 N–H and O–H groups in total. The summed E-state index contributed by atoms with van der Waals surface area (Å²) in [4.78, 5) is 3.90. The molecule has 0 amide bonds. The summed E-state index contributed by atoms with van der Waals surface area (Å²) in [5, 5.41) is 11.7. The number of aromatic hydroxyl groups is 1. The molecule has 0 aliphatic rings. The van der Waals surface area contributed by atoms with Gasteiger partial charge in [0.15, 0.2) is 0 Å². The van der Waals surface area contributed by atoms with E-state index < -0.39 is 11.6 Å². The summed E-state index contributed by atoms with van der Waals surface area (Å²) >= 11 is 3.00. The highest BCUT2D eigenvalue weighted by atomic mass is 79.9. The SMILES string of the molecule is Oc1ccc(CNc2c(F)cc(Br)cc2F)nc1. The van der Waals surface area contributed by atoms with Crippen LogP contribution in [-0.4, -0.2) is 10.1 Å². The Morgan fingerprint density at radius 1 is 1.22 bits per heavy atom. The van der Waals surface area contributed by atoms with Crippen LogP contribution in [0.15, 0.2) is 34.9 Å². The van der Waals surface area contributed by atoms with E-state index in [2.05, 4.69) is 26.2 Å². The normalized spacial score (nSPS) is 10.4. The third-order valence-corrected chi connectivity index (χ3v) is 2.72. The van der Waals surface area contributed by atoms with E-state index in [1.54, 1.807) is 6.07 Å². The van der Waals surface area contributed by atoms with E-state index in [1.807, 2.05) is 0 Å². The molecule has 18 heavy (non-hydrogen) atoms. The molecule has 0 aliphatic heterocycles. The van der Waals surface area contributed by atoms with Crippen molar-refractivity contribution in [2.24, 2.45) is 0 Å². The van der Waals surface area contributed by atoms with E-state index in [0.717, 1.165) is 0 Å². The van der Waals surface area contributed by atoms with Crippen molar-refractivity contribution in [3.8, 4) is 5.75 Å². The summed E-state index contributed by atoms with van der Waals surface area (Å²) in [6, 6.07) is 5.38. The molecule has 0 spiro atoms. The average Bonchev–Trinajstić information content (AvgIpc) is 2.30. The van der Waals surface area contributed by atoms with Crippen molar-refractivity contribution >= 4 is 21.6 Å². The predicted molar refractivity (Wildman–Crippen MR) is 67.3 cm³/mol. The smallest absolute Gasteiger partial charge is 0.150 e. The first-order valence-corrected chi connectivity index (χ1v) is 5.88. The number of rotatable bonds is 3. The summed E-state index contributed by atoms with van der Waals surface area (Å²) in [5.74, 6) is -1.32. The minimum Gasteiger partial charge on any atom is -0.506 e. The van der Waals surface area contributed by atoms with Crippen molar-refractivity contribution in [3.05, 3.63) is 52.3 Å².